The number of aryl methyl sites for hydroxylation is 9. The zero-order valence-electron chi connectivity index (χ0n) is 49.0. The van der Waals surface area contributed by atoms with E-state index in [1.165, 1.54) is 0 Å². The quantitative estimate of drug-likeness (QED) is 0.0610. The topological polar surface area (TPSA) is 88.4 Å². The molecule has 0 fully saturated rings. The van der Waals surface area contributed by atoms with Crippen LogP contribution in [0, 0.1) is 41.5 Å². The third-order valence-corrected chi connectivity index (χ3v) is 18.3. The first kappa shape index (κ1) is 60.8. The Balaban J connectivity index is 1.48. The smallest absolute Gasteiger partial charge is 0.507 e. The Labute approximate surface area is 472 Å². The third-order valence-electron chi connectivity index (χ3n) is 13.9. The first-order valence-electron chi connectivity index (χ1n) is 27.4. The maximum Gasteiger partial charge on any atom is 0.530 e. The molecule has 0 heterocycles. The number of unbranched alkanes of at least 4 members (excludes halogenated alkanes) is 3. The molecule has 0 aliphatic carbocycles. The van der Waals surface area contributed by atoms with Crippen molar-refractivity contribution in [2.45, 2.75) is 228 Å². The maximum atomic E-state index is 11.0. The minimum absolute atomic E-state index is 0.319. The van der Waals surface area contributed by atoms with Gasteiger partial charge in [0.25, 0.3) is 0 Å². The van der Waals surface area contributed by atoms with Crippen molar-refractivity contribution in [1.29, 1.82) is 0 Å². The first-order chi connectivity index (χ1) is 35.6. The maximum absolute atomic E-state index is 11.0. The van der Waals surface area contributed by atoms with Crippen LogP contribution in [-0.2, 0) is 35.5 Å². The van der Waals surface area contributed by atoms with E-state index >= 15 is 0 Å². The molecule has 6 nitrogen and oxygen atoms in total. The number of hydrogen-bond acceptors (Lipinski definition) is 9. The van der Waals surface area contributed by atoms with Crippen molar-refractivity contribution < 1.29 is 28.9 Å². The van der Waals surface area contributed by atoms with E-state index in [2.05, 4.69) is 177 Å². The lowest BCUT2D eigenvalue weighted by atomic mass is 9.86. The number of hydrogen-bond donors (Lipinski definition) is 3. The fourth-order valence-corrected chi connectivity index (χ4v) is 13.6. The fourth-order valence-electron chi connectivity index (χ4n) is 9.28. The summed E-state index contributed by atoms with van der Waals surface area (Å²) in [6, 6.07) is 25.9. The molecule has 0 saturated heterocycles. The summed E-state index contributed by atoms with van der Waals surface area (Å²) >= 11 is 5.17. The van der Waals surface area contributed by atoms with E-state index in [0.29, 0.717) is 34.5 Å². The van der Waals surface area contributed by atoms with Gasteiger partial charge in [0.2, 0.25) is 0 Å². The van der Waals surface area contributed by atoms with Crippen LogP contribution in [0.5, 0.6) is 34.5 Å². The summed E-state index contributed by atoms with van der Waals surface area (Å²) in [6.07, 6.45) is 8.76. The molecule has 0 spiro atoms. The third kappa shape index (κ3) is 15.5. The van der Waals surface area contributed by atoms with Gasteiger partial charge in [0.05, 0.1) is 0 Å². The highest BCUT2D eigenvalue weighted by Crippen LogP contribution is 2.53. The van der Waals surface area contributed by atoms with Crippen LogP contribution in [0.2, 0.25) is 0 Å². The first-order valence-corrected chi connectivity index (χ1v) is 31.0. The van der Waals surface area contributed by atoms with Crippen molar-refractivity contribution in [3.63, 3.8) is 0 Å². The molecule has 0 saturated carbocycles. The fraction of sp³-hybridized carbons (Fsp3) is 0.455. The van der Waals surface area contributed by atoms with Crippen LogP contribution in [-0.4, -0.2) is 15.3 Å². The molecule has 6 aromatic rings. The van der Waals surface area contributed by atoms with Crippen molar-refractivity contribution in [2.75, 3.05) is 0 Å². The van der Waals surface area contributed by atoms with Gasteiger partial charge in [0.1, 0.15) is 34.5 Å². The van der Waals surface area contributed by atoms with Crippen LogP contribution in [0.25, 0.3) is 0 Å². The highest BCUT2D eigenvalue weighted by atomic mass is 32.2. The Morgan fingerprint density at radius 1 is 0.368 bits per heavy atom. The highest BCUT2D eigenvalue weighted by Gasteiger charge is 2.33. The molecule has 10 heteroatoms. The van der Waals surface area contributed by atoms with Crippen LogP contribution >= 0.6 is 43.9 Å². The van der Waals surface area contributed by atoms with Gasteiger partial charge in [0.15, 0.2) is 0 Å². The van der Waals surface area contributed by atoms with E-state index in [4.69, 9.17) is 13.6 Å². The molecule has 0 amide bonds. The monoisotopic (exact) mass is 1100 g/mol. The molecular weight excluding hydrogens is 1020 g/mol. The molecule has 0 aromatic heterocycles. The number of rotatable bonds is 21. The van der Waals surface area contributed by atoms with Gasteiger partial charge in [-0.3, -0.25) is 0 Å². The van der Waals surface area contributed by atoms with Crippen LogP contribution in [0.4, 0.5) is 0 Å². The zero-order chi connectivity index (χ0) is 56.0. The minimum Gasteiger partial charge on any atom is -0.507 e. The summed E-state index contributed by atoms with van der Waals surface area (Å²) in [5.74, 6) is 3.30. The average Bonchev–Trinajstić information content (AvgIpc) is 3.32. The standard InChI is InChI=1S/C66H87O6PS3/c1-19-22-25-46-34-49(28-43(7)61(46)67)74-58-37-52(64(10,11)12)55(31-40(58)4)70-73(71-56-32-41(5)59(38-53(56)65(13,14)15)75-50-29-44(8)62(68)47(35-50)26-23-20-2)72-57-33-42(6)60(39-54(57)66(16,17)18)76-51-30-45(9)63(69)48(36-51)27-24-21-3/h28-39,67-69H,19-27H2,1-18H3. The van der Waals surface area contributed by atoms with Gasteiger partial charge in [-0.25, -0.2) is 0 Å². The van der Waals surface area contributed by atoms with E-state index in [1.54, 1.807) is 35.3 Å². The van der Waals surface area contributed by atoms with E-state index in [1.807, 2.05) is 20.8 Å². The Morgan fingerprint density at radius 2 is 0.618 bits per heavy atom. The molecular formula is C66H87O6PS3. The number of phenolic OH excluding ortho intramolecular Hbond substituents is 3. The molecule has 0 atom stereocenters. The zero-order valence-corrected chi connectivity index (χ0v) is 52.4. The van der Waals surface area contributed by atoms with Gasteiger partial charge in [-0.1, -0.05) is 138 Å². The van der Waals surface area contributed by atoms with Crippen molar-refractivity contribution in [3.05, 3.63) is 140 Å². The Hall–Kier alpha value is -4.40. The molecule has 410 valence electrons. The molecule has 0 aliphatic heterocycles. The summed E-state index contributed by atoms with van der Waals surface area (Å²) in [7, 11) is -2.15. The van der Waals surface area contributed by atoms with Crippen molar-refractivity contribution >= 4 is 43.9 Å². The van der Waals surface area contributed by atoms with Crippen LogP contribution in [0.1, 0.15) is 188 Å². The van der Waals surface area contributed by atoms with Crippen LogP contribution < -0.4 is 13.6 Å². The van der Waals surface area contributed by atoms with Gasteiger partial charge >= 0.3 is 8.60 Å². The second-order valence-electron chi connectivity index (χ2n) is 23.9. The molecule has 0 aliphatic rings. The van der Waals surface area contributed by atoms with Crippen molar-refractivity contribution in [2.24, 2.45) is 0 Å². The van der Waals surface area contributed by atoms with Crippen LogP contribution in [0.15, 0.2) is 102 Å². The molecule has 0 radical (unpaired) electrons. The summed E-state index contributed by atoms with van der Waals surface area (Å²) < 4.78 is 21.9. The van der Waals surface area contributed by atoms with Crippen molar-refractivity contribution in [1.82, 2.24) is 0 Å². The van der Waals surface area contributed by atoms with E-state index in [0.717, 1.165) is 154 Å². The normalized spacial score (nSPS) is 12.2. The summed E-state index contributed by atoms with van der Waals surface area (Å²) in [5, 5.41) is 33.0. The van der Waals surface area contributed by atoms with Crippen LogP contribution in [0.3, 0.4) is 0 Å². The SMILES string of the molecule is CCCCc1cc(Sc2cc(C(C)(C)C)c(OP(Oc3cc(C)c(Sc4cc(C)c(O)c(CCCC)c4)cc3C(C)(C)C)Oc3cc(C)c(Sc4cc(C)c(O)c(CCCC)c4)cc3C(C)(C)C)cc2C)cc(C)c1O. The number of aromatic hydroxyl groups is 3. The largest absolute Gasteiger partial charge is 0.530 e. The number of phenols is 3. The summed E-state index contributed by atoms with van der Waals surface area (Å²) in [4.78, 5) is 6.65. The second-order valence-corrected chi connectivity index (χ2v) is 28.3. The molecule has 0 unspecified atom stereocenters. The molecule has 3 N–H and O–H groups in total. The second kappa shape index (κ2) is 25.6. The van der Waals surface area contributed by atoms with Gasteiger partial charge < -0.3 is 28.9 Å². The number of benzene rings is 6. The van der Waals surface area contributed by atoms with Gasteiger partial charge in [0, 0.05) is 46.1 Å². The highest BCUT2D eigenvalue weighted by molar-refractivity contribution is 8.00. The molecule has 6 rings (SSSR count). The lowest BCUT2D eigenvalue weighted by Gasteiger charge is -2.30. The van der Waals surface area contributed by atoms with E-state index < -0.39 is 8.60 Å². The molecule has 6 aromatic carbocycles. The Morgan fingerprint density at radius 3 is 0.842 bits per heavy atom. The predicted octanol–water partition coefficient (Wildman–Crippen LogP) is 20.8. The minimum atomic E-state index is -2.15. The average molecular weight is 1100 g/mol. The summed E-state index contributed by atoms with van der Waals surface area (Å²) in [5.41, 5.74) is 11.0. The van der Waals surface area contributed by atoms with Crippen molar-refractivity contribution in [3.8, 4) is 34.5 Å². The van der Waals surface area contributed by atoms with Gasteiger partial charge in [-0.15, -0.1) is 0 Å². The van der Waals surface area contributed by atoms with Gasteiger partial charge in [-0.05, 0) is 219 Å². The van der Waals surface area contributed by atoms with E-state index in [9.17, 15) is 15.3 Å². The molecule has 76 heavy (non-hydrogen) atoms. The molecule has 0 bridgehead atoms. The van der Waals surface area contributed by atoms with Gasteiger partial charge in [-0.2, -0.15) is 0 Å². The Bertz CT molecular complexity index is 2690. The summed E-state index contributed by atoms with van der Waals surface area (Å²) in [6.45, 7) is 38.9. The van der Waals surface area contributed by atoms with E-state index in [-0.39, 0.29) is 16.2 Å². The predicted molar refractivity (Wildman–Crippen MR) is 325 cm³/mol. The Kier molecular flexibility index (Phi) is 20.5. The lowest BCUT2D eigenvalue weighted by molar-refractivity contribution is 0.371. The lowest BCUT2D eigenvalue weighted by Crippen LogP contribution is -2.17.